The van der Waals surface area contributed by atoms with Crippen LogP contribution in [0.4, 0.5) is 5.82 Å². The van der Waals surface area contributed by atoms with E-state index in [-0.39, 0.29) is 12.6 Å². The van der Waals surface area contributed by atoms with E-state index in [0.717, 1.165) is 0 Å². The highest BCUT2D eigenvalue weighted by Gasteiger charge is 1.99. The Kier molecular flexibility index (Phi) is 2.17. The molecule has 0 spiro atoms. The Bertz CT molecular complexity index is 255. The highest BCUT2D eigenvalue weighted by atomic mass is 16.1. The van der Waals surface area contributed by atoms with Crippen molar-refractivity contribution in [2.45, 2.75) is 13.6 Å². The molecule has 1 heterocycles. The third-order valence-corrected chi connectivity index (χ3v) is 1.03. The van der Waals surface area contributed by atoms with Crippen molar-refractivity contribution in [1.29, 1.82) is 0 Å². The Labute approximate surface area is 63.4 Å². The van der Waals surface area contributed by atoms with E-state index in [9.17, 15) is 4.79 Å². The van der Waals surface area contributed by atoms with Gasteiger partial charge < -0.3 is 11.1 Å². The molecule has 1 aromatic heterocycles. The van der Waals surface area contributed by atoms with Crippen LogP contribution in [-0.2, 0) is 11.5 Å². The molecule has 6 nitrogen and oxygen atoms in total. The number of hydrogen-bond acceptors (Lipinski definition) is 4. The van der Waals surface area contributed by atoms with Gasteiger partial charge >= 0.3 is 0 Å². The Balaban J connectivity index is 2.65. The summed E-state index contributed by atoms with van der Waals surface area (Å²) in [5, 5.41) is 9.71. The van der Waals surface area contributed by atoms with Crippen molar-refractivity contribution in [2.24, 2.45) is 5.73 Å². The SMILES string of the molecule is CC(=O)Nc1cn(CN)nn1. The number of carbonyl (C=O) groups is 1. The molecule has 1 rings (SSSR count). The summed E-state index contributed by atoms with van der Waals surface area (Å²) in [6, 6.07) is 0. The lowest BCUT2D eigenvalue weighted by atomic mass is 10.6. The van der Waals surface area contributed by atoms with E-state index >= 15 is 0 Å². The summed E-state index contributed by atoms with van der Waals surface area (Å²) in [7, 11) is 0. The Morgan fingerprint density at radius 2 is 2.64 bits per heavy atom. The predicted molar refractivity (Wildman–Crippen MR) is 38.5 cm³/mol. The van der Waals surface area contributed by atoms with Crippen molar-refractivity contribution in [1.82, 2.24) is 15.0 Å². The topological polar surface area (TPSA) is 85.8 Å². The summed E-state index contributed by atoms with van der Waals surface area (Å²) < 4.78 is 1.42. The zero-order chi connectivity index (χ0) is 8.27. The van der Waals surface area contributed by atoms with E-state index in [0.29, 0.717) is 5.82 Å². The standard InChI is InChI=1S/C5H9N5O/c1-4(11)7-5-2-10(3-6)9-8-5/h2H,3,6H2,1H3,(H,7,11). The van der Waals surface area contributed by atoms with E-state index in [1.807, 2.05) is 0 Å². The molecule has 0 unspecified atom stereocenters. The second kappa shape index (κ2) is 3.11. The summed E-state index contributed by atoms with van der Waals surface area (Å²) in [6.07, 6.45) is 1.56. The largest absolute Gasteiger partial charge is 0.312 e. The monoisotopic (exact) mass is 155 g/mol. The van der Waals surface area contributed by atoms with Crippen molar-refractivity contribution >= 4 is 11.7 Å². The van der Waals surface area contributed by atoms with Crippen LogP contribution in [0.3, 0.4) is 0 Å². The Morgan fingerprint density at radius 1 is 1.91 bits per heavy atom. The number of hydrogen-bond donors (Lipinski definition) is 2. The van der Waals surface area contributed by atoms with Crippen molar-refractivity contribution in [3.8, 4) is 0 Å². The fraction of sp³-hybridized carbons (Fsp3) is 0.400. The molecule has 1 aromatic rings. The van der Waals surface area contributed by atoms with Gasteiger partial charge in [0, 0.05) is 6.92 Å². The van der Waals surface area contributed by atoms with Gasteiger partial charge in [0.1, 0.15) is 0 Å². The number of rotatable bonds is 2. The second-order valence-corrected chi connectivity index (χ2v) is 2.01. The third kappa shape index (κ3) is 2.01. The molecular formula is C5H9N5O. The van der Waals surface area contributed by atoms with Crippen LogP contribution in [0.25, 0.3) is 0 Å². The molecule has 0 saturated heterocycles. The average molecular weight is 155 g/mol. The Morgan fingerprint density at radius 3 is 3.09 bits per heavy atom. The number of nitrogens with one attached hydrogen (secondary N) is 1. The maximum Gasteiger partial charge on any atom is 0.222 e. The van der Waals surface area contributed by atoms with E-state index in [4.69, 9.17) is 5.73 Å². The predicted octanol–water partition coefficient (Wildman–Crippen LogP) is -0.847. The van der Waals surface area contributed by atoms with Crippen LogP contribution in [0.15, 0.2) is 6.20 Å². The first-order chi connectivity index (χ1) is 5.22. The van der Waals surface area contributed by atoms with Crippen molar-refractivity contribution in [3.05, 3.63) is 6.20 Å². The first-order valence-corrected chi connectivity index (χ1v) is 3.10. The minimum absolute atomic E-state index is 0.172. The van der Waals surface area contributed by atoms with Crippen LogP contribution in [0.1, 0.15) is 6.92 Å². The van der Waals surface area contributed by atoms with Gasteiger partial charge in [-0.25, -0.2) is 4.68 Å². The molecule has 6 heteroatoms. The fourth-order valence-electron chi connectivity index (χ4n) is 0.625. The van der Waals surface area contributed by atoms with E-state index in [1.54, 1.807) is 6.20 Å². The van der Waals surface area contributed by atoms with Gasteiger partial charge in [0.05, 0.1) is 12.9 Å². The molecule has 3 N–H and O–H groups in total. The van der Waals surface area contributed by atoms with Crippen LogP contribution in [-0.4, -0.2) is 20.9 Å². The van der Waals surface area contributed by atoms with Crippen LogP contribution in [0, 0.1) is 0 Å². The van der Waals surface area contributed by atoms with Crippen LogP contribution in [0.2, 0.25) is 0 Å². The normalized spacial score (nSPS) is 9.64. The minimum atomic E-state index is -0.172. The van der Waals surface area contributed by atoms with E-state index in [2.05, 4.69) is 15.6 Å². The van der Waals surface area contributed by atoms with Gasteiger partial charge in [-0.3, -0.25) is 4.79 Å². The molecule has 0 atom stereocenters. The van der Waals surface area contributed by atoms with Crippen molar-refractivity contribution < 1.29 is 4.79 Å². The second-order valence-electron chi connectivity index (χ2n) is 2.01. The van der Waals surface area contributed by atoms with Gasteiger partial charge in [-0.1, -0.05) is 5.21 Å². The molecule has 0 bridgehead atoms. The quantitative estimate of drug-likeness (QED) is 0.582. The molecule has 0 aliphatic heterocycles. The number of amides is 1. The third-order valence-electron chi connectivity index (χ3n) is 1.03. The van der Waals surface area contributed by atoms with Crippen LogP contribution < -0.4 is 11.1 Å². The lowest BCUT2D eigenvalue weighted by Crippen LogP contribution is -2.07. The summed E-state index contributed by atoms with van der Waals surface area (Å²) in [5.41, 5.74) is 5.24. The van der Waals surface area contributed by atoms with E-state index in [1.165, 1.54) is 11.6 Å². The van der Waals surface area contributed by atoms with Crippen LogP contribution in [0.5, 0.6) is 0 Å². The van der Waals surface area contributed by atoms with Gasteiger partial charge in [0.25, 0.3) is 0 Å². The van der Waals surface area contributed by atoms with Gasteiger partial charge in [-0.2, -0.15) is 0 Å². The zero-order valence-corrected chi connectivity index (χ0v) is 6.11. The molecule has 0 fully saturated rings. The molecule has 11 heavy (non-hydrogen) atoms. The van der Waals surface area contributed by atoms with E-state index < -0.39 is 0 Å². The summed E-state index contributed by atoms with van der Waals surface area (Å²) >= 11 is 0. The number of carbonyl (C=O) groups excluding carboxylic acids is 1. The molecular weight excluding hydrogens is 146 g/mol. The summed E-state index contributed by atoms with van der Waals surface area (Å²) in [4.78, 5) is 10.5. The van der Waals surface area contributed by atoms with Gasteiger partial charge in [0.15, 0.2) is 5.82 Å². The number of aromatic nitrogens is 3. The average Bonchev–Trinajstić information content (AvgIpc) is 2.34. The lowest BCUT2D eigenvalue weighted by Gasteiger charge is -1.91. The summed E-state index contributed by atoms with van der Waals surface area (Å²) in [5.74, 6) is 0.247. The van der Waals surface area contributed by atoms with Crippen molar-refractivity contribution in [3.63, 3.8) is 0 Å². The van der Waals surface area contributed by atoms with Gasteiger partial charge in [0.2, 0.25) is 5.91 Å². The number of nitrogens with zero attached hydrogens (tertiary/aromatic N) is 3. The highest BCUT2D eigenvalue weighted by Crippen LogP contribution is 1.97. The van der Waals surface area contributed by atoms with Gasteiger partial charge in [-0.15, -0.1) is 5.10 Å². The smallest absolute Gasteiger partial charge is 0.222 e. The highest BCUT2D eigenvalue weighted by molar-refractivity contribution is 5.87. The molecule has 1 amide bonds. The molecule has 0 aromatic carbocycles. The lowest BCUT2D eigenvalue weighted by molar-refractivity contribution is -0.114. The first kappa shape index (κ1) is 7.67. The zero-order valence-electron chi connectivity index (χ0n) is 6.11. The molecule has 0 aliphatic carbocycles. The molecule has 60 valence electrons. The fourth-order valence-corrected chi connectivity index (χ4v) is 0.625. The minimum Gasteiger partial charge on any atom is -0.312 e. The number of anilines is 1. The first-order valence-electron chi connectivity index (χ1n) is 3.10. The molecule has 0 radical (unpaired) electrons. The van der Waals surface area contributed by atoms with Gasteiger partial charge in [-0.05, 0) is 0 Å². The maximum absolute atomic E-state index is 10.5. The Hall–Kier alpha value is -1.43. The maximum atomic E-state index is 10.5. The summed E-state index contributed by atoms with van der Waals surface area (Å²) in [6.45, 7) is 1.66. The van der Waals surface area contributed by atoms with Crippen LogP contribution >= 0.6 is 0 Å². The van der Waals surface area contributed by atoms with Crippen molar-refractivity contribution in [2.75, 3.05) is 5.32 Å². The number of nitrogens with two attached hydrogens (primary N) is 1. The molecule has 0 aliphatic rings. The molecule has 0 saturated carbocycles.